The van der Waals surface area contributed by atoms with Crippen LogP contribution in [0, 0.1) is 5.82 Å². The van der Waals surface area contributed by atoms with Crippen LogP contribution in [0.15, 0.2) is 40.8 Å². The Balaban J connectivity index is 2.06. The Hall–Kier alpha value is -1.36. The molecule has 0 amide bonds. The molecule has 0 radical (unpaired) electrons. The van der Waals surface area contributed by atoms with Gasteiger partial charge in [-0.05, 0) is 24.3 Å². The van der Waals surface area contributed by atoms with Crippen molar-refractivity contribution < 1.29 is 13.9 Å². The Kier molecular flexibility index (Phi) is 2.86. The largest absolute Gasteiger partial charge is 0.455 e. The Morgan fingerprint density at radius 1 is 1.28 bits per heavy atom. The van der Waals surface area contributed by atoms with Crippen molar-refractivity contribution in [3.8, 4) is 0 Å². The first-order valence-electron chi connectivity index (χ1n) is 5.26. The van der Waals surface area contributed by atoms with Gasteiger partial charge in [0.1, 0.15) is 11.9 Å². The number of para-hydroxylation sites is 1. The molecule has 1 unspecified atom stereocenters. The molecule has 3 rings (SSSR count). The lowest BCUT2D eigenvalue weighted by Gasteiger charge is -2.03. The lowest BCUT2D eigenvalue weighted by molar-refractivity contribution is 0.195. The molecule has 0 aliphatic heterocycles. The molecule has 1 aromatic carbocycles. The van der Waals surface area contributed by atoms with E-state index in [0.29, 0.717) is 20.4 Å². The molecule has 0 aliphatic carbocycles. The Labute approximate surface area is 111 Å². The molecule has 0 spiro atoms. The normalized spacial score (nSPS) is 13.1. The van der Waals surface area contributed by atoms with Gasteiger partial charge in [-0.3, -0.25) is 0 Å². The van der Waals surface area contributed by atoms with E-state index in [9.17, 15) is 9.50 Å². The van der Waals surface area contributed by atoms with E-state index in [1.54, 1.807) is 30.3 Å². The van der Waals surface area contributed by atoms with Gasteiger partial charge in [-0.25, -0.2) is 4.39 Å². The summed E-state index contributed by atoms with van der Waals surface area (Å²) in [5, 5.41) is 10.8. The van der Waals surface area contributed by atoms with Crippen LogP contribution >= 0.6 is 22.9 Å². The third kappa shape index (κ3) is 1.92. The number of fused-ring (bicyclic) bond motifs is 1. The van der Waals surface area contributed by atoms with Crippen molar-refractivity contribution in [3.63, 3.8) is 0 Å². The lowest BCUT2D eigenvalue weighted by Crippen LogP contribution is -1.93. The zero-order chi connectivity index (χ0) is 12.7. The fourth-order valence-corrected chi connectivity index (χ4v) is 2.85. The third-order valence-corrected chi connectivity index (χ3v) is 3.93. The van der Waals surface area contributed by atoms with Gasteiger partial charge >= 0.3 is 0 Å². The Bertz CT molecular complexity index is 704. The van der Waals surface area contributed by atoms with E-state index >= 15 is 0 Å². The van der Waals surface area contributed by atoms with E-state index in [1.807, 2.05) is 0 Å². The van der Waals surface area contributed by atoms with E-state index in [0.717, 1.165) is 0 Å². The van der Waals surface area contributed by atoms with Gasteiger partial charge in [0.2, 0.25) is 0 Å². The standard InChI is InChI=1S/C13H8ClFO2S/c14-11-5-4-10(18-11)12(16)9-6-7-2-1-3-8(15)13(7)17-9/h1-6,12,16H. The van der Waals surface area contributed by atoms with Crippen LogP contribution in [0.3, 0.4) is 0 Å². The first kappa shape index (κ1) is 11.7. The van der Waals surface area contributed by atoms with Crippen LogP contribution in [0.25, 0.3) is 11.0 Å². The van der Waals surface area contributed by atoms with Crippen molar-refractivity contribution in [2.45, 2.75) is 6.10 Å². The van der Waals surface area contributed by atoms with Crippen LogP contribution in [0.1, 0.15) is 16.7 Å². The van der Waals surface area contributed by atoms with E-state index < -0.39 is 11.9 Å². The minimum atomic E-state index is -0.922. The molecule has 0 saturated heterocycles. The van der Waals surface area contributed by atoms with Gasteiger partial charge in [0.15, 0.2) is 11.4 Å². The van der Waals surface area contributed by atoms with Crippen molar-refractivity contribution in [1.29, 1.82) is 0 Å². The van der Waals surface area contributed by atoms with Gasteiger partial charge in [-0.15, -0.1) is 11.3 Å². The van der Waals surface area contributed by atoms with Crippen molar-refractivity contribution in [1.82, 2.24) is 0 Å². The Morgan fingerprint density at radius 3 is 2.78 bits per heavy atom. The highest BCUT2D eigenvalue weighted by Gasteiger charge is 2.18. The van der Waals surface area contributed by atoms with Gasteiger partial charge in [0.05, 0.1) is 4.34 Å². The maximum atomic E-state index is 13.5. The first-order chi connectivity index (χ1) is 8.65. The molecule has 5 heteroatoms. The maximum Gasteiger partial charge on any atom is 0.170 e. The van der Waals surface area contributed by atoms with Gasteiger partial charge in [0, 0.05) is 10.3 Å². The van der Waals surface area contributed by atoms with Crippen LogP contribution in [-0.4, -0.2) is 5.11 Å². The highest BCUT2D eigenvalue weighted by molar-refractivity contribution is 7.16. The zero-order valence-electron chi connectivity index (χ0n) is 9.06. The summed E-state index contributed by atoms with van der Waals surface area (Å²) >= 11 is 7.08. The summed E-state index contributed by atoms with van der Waals surface area (Å²) in [5.41, 5.74) is 0.161. The smallest absolute Gasteiger partial charge is 0.170 e. The topological polar surface area (TPSA) is 33.4 Å². The van der Waals surface area contributed by atoms with Crippen molar-refractivity contribution in [2.24, 2.45) is 0 Å². The fraction of sp³-hybridized carbons (Fsp3) is 0.0769. The maximum absolute atomic E-state index is 13.5. The number of hydrogen-bond acceptors (Lipinski definition) is 3. The monoisotopic (exact) mass is 282 g/mol. The molecular weight excluding hydrogens is 275 g/mol. The second-order valence-electron chi connectivity index (χ2n) is 3.85. The second kappa shape index (κ2) is 4.39. The third-order valence-electron chi connectivity index (χ3n) is 2.65. The predicted octanol–water partition coefficient (Wildman–Crippen LogP) is 4.37. The van der Waals surface area contributed by atoms with Gasteiger partial charge in [-0.1, -0.05) is 23.7 Å². The summed E-state index contributed by atoms with van der Waals surface area (Å²) in [5.74, 6) is -0.122. The predicted molar refractivity (Wildman–Crippen MR) is 69.6 cm³/mol. The summed E-state index contributed by atoms with van der Waals surface area (Å²) in [7, 11) is 0. The number of rotatable bonds is 2. The highest BCUT2D eigenvalue weighted by Crippen LogP contribution is 2.34. The van der Waals surface area contributed by atoms with Gasteiger partial charge in [0.25, 0.3) is 0 Å². The summed E-state index contributed by atoms with van der Waals surface area (Å²) in [6.45, 7) is 0. The summed E-state index contributed by atoms with van der Waals surface area (Å²) in [6.07, 6.45) is -0.922. The van der Waals surface area contributed by atoms with Crippen molar-refractivity contribution in [2.75, 3.05) is 0 Å². The molecule has 2 nitrogen and oxygen atoms in total. The summed E-state index contributed by atoms with van der Waals surface area (Å²) in [6, 6.07) is 9.72. The summed E-state index contributed by atoms with van der Waals surface area (Å²) < 4.78 is 19.4. The average molecular weight is 283 g/mol. The number of thiophene rings is 1. The van der Waals surface area contributed by atoms with Crippen LogP contribution in [0.4, 0.5) is 4.39 Å². The number of hydrogen-bond donors (Lipinski definition) is 1. The molecule has 1 N–H and O–H groups in total. The molecule has 2 aromatic heterocycles. The van der Waals surface area contributed by atoms with Gasteiger partial charge in [-0.2, -0.15) is 0 Å². The molecule has 3 aromatic rings. The lowest BCUT2D eigenvalue weighted by atomic mass is 10.2. The minimum Gasteiger partial charge on any atom is -0.455 e. The quantitative estimate of drug-likeness (QED) is 0.757. The first-order valence-corrected chi connectivity index (χ1v) is 6.46. The number of furan rings is 1. The van der Waals surface area contributed by atoms with E-state index in [2.05, 4.69) is 0 Å². The molecule has 0 aliphatic rings. The van der Waals surface area contributed by atoms with Gasteiger partial charge < -0.3 is 9.52 Å². The minimum absolute atomic E-state index is 0.161. The number of aliphatic hydroxyl groups is 1. The number of halogens is 2. The van der Waals surface area contributed by atoms with E-state index in [1.165, 1.54) is 17.4 Å². The molecule has 0 bridgehead atoms. The number of benzene rings is 1. The fourth-order valence-electron chi connectivity index (χ4n) is 1.80. The van der Waals surface area contributed by atoms with Crippen LogP contribution < -0.4 is 0 Å². The van der Waals surface area contributed by atoms with E-state index in [-0.39, 0.29) is 5.58 Å². The average Bonchev–Trinajstić information content (AvgIpc) is 2.95. The molecule has 1 atom stereocenters. The van der Waals surface area contributed by atoms with E-state index in [4.69, 9.17) is 16.0 Å². The SMILES string of the molecule is OC(c1cc2cccc(F)c2o1)c1ccc(Cl)s1. The molecular formula is C13H8ClFO2S. The van der Waals surface area contributed by atoms with Crippen LogP contribution in [0.5, 0.6) is 0 Å². The highest BCUT2D eigenvalue weighted by atomic mass is 35.5. The second-order valence-corrected chi connectivity index (χ2v) is 5.60. The van der Waals surface area contributed by atoms with Crippen LogP contribution in [-0.2, 0) is 0 Å². The molecule has 18 heavy (non-hydrogen) atoms. The summed E-state index contributed by atoms with van der Waals surface area (Å²) in [4.78, 5) is 0.666. The molecule has 0 fully saturated rings. The number of aliphatic hydroxyl groups excluding tert-OH is 1. The molecule has 0 saturated carbocycles. The van der Waals surface area contributed by atoms with Crippen molar-refractivity contribution >= 4 is 33.9 Å². The Morgan fingerprint density at radius 2 is 2.11 bits per heavy atom. The molecule has 2 heterocycles. The molecule has 92 valence electrons. The van der Waals surface area contributed by atoms with Crippen molar-refractivity contribution in [3.05, 3.63) is 57.2 Å². The zero-order valence-corrected chi connectivity index (χ0v) is 10.6. The van der Waals surface area contributed by atoms with Crippen LogP contribution in [0.2, 0.25) is 4.34 Å².